The third-order valence-electron chi connectivity index (χ3n) is 4.23. The summed E-state index contributed by atoms with van der Waals surface area (Å²) in [5.41, 5.74) is 0. The topological polar surface area (TPSA) is 109 Å². The number of carbonyl (C=O) groups is 1. The molecule has 1 aliphatic heterocycles. The highest BCUT2D eigenvalue weighted by Gasteiger charge is 2.23. The van der Waals surface area contributed by atoms with Crippen molar-refractivity contribution in [2.45, 2.75) is 44.7 Å². The summed E-state index contributed by atoms with van der Waals surface area (Å²) in [6.07, 6.45) is 6.19. The molecule has 0 aliphatic carbocycles. The number of amides is 1. The van der Waals surface area contributed by atoms with Crippen molar-refractivity contribution in [1.82, 2.24) is 4.98 Å². The molecule has 2 heterocycles. The van der Waals surface area contributed by atoms with E-state index in [-0.39, 0.29) is 24.3 Å². The highest BCUT2D eigenvalue weighted by molar-refractivity contribution is 6.67. The summed E-state index contributed by atoms with van der Waals surface area (Å²) in [5, 5.41) is 22.1. The number of nitriles is 1. The first-order chi connectivity index (χ1) is 11.1. The van der Waals surface area contributed by atoms with Gasteiger partial charge in [0.1, 0.15) is 0 Å². The molecule has 0 radical (unpaired) electrons. The first kappa shape index (κ1) is 16.9. The molecule has 1 aliphatic rings. The number of pyridine rings is 1. The molecule has 1 fully saturated rings. The second-order valence-electron chi connectivity index (χ2n) is 5.93. The molecule has 0 saturated carbocycles. The minimum Gasteiger partial charge on any atom is -0.358 e. The van der Waals surface area contributed by atoms with Gasteiger partial charge in [0, 0.05) is 24.5 Å². The lowest BCUT2D eigenvalue weighted by Crippen LogP contribution is -2.20. The zero-order valence-electron chi connectivity index (χ0n) is 12.9. The first-order valence-electron chi connectivity index (χ1n) is 7.89. The maximum absolute atomic E-state index is 11.9. The van der Waals surface area contributed by atoms with Crippen molar-refractivity contribution in [2.24, 2.45) is 5.92 Å². The highest BCUT2D eigenvalue weighted by Crippen LogP contribution is 2.28. The average Bonchev–Trinajstić information content (AvgIpc) is 2.55. The van der Waals surface area contributed by atoms with Crippen molar-refractivity contribution in [3.8, 4) is 5.97 Å². The zero-order chi connectivity index (χ0) is 16.7. The van der Waals surface area contributed by atoms with E-state index in [9.17, 15) is 14.9 Å². The minimum atomic E-state index is -0.590. The number of rotatable bonds is 6. The lowest BCUT2D eigenvalue weighted by molar-refractivity contribution is -0.389. The second-order valence-corrected chi connectivity index (χ2v) is 5.93. The molecule has 2 rings (SSSR count). The lowest BCUT2D eigenvalue weighted by Gasteiger charge is -2.22. The summed E-state index contributed by atoms with van der Waals surface area (Å²) in [6, 6.07) is 4.32. The fourth-order valence-electron chi connectivity index (χ4n) is 2.93. The Bertz CT molecular complexity index is 609. The maximum atomic E-state index is 11.9. The summed E-state index contributed by atoms with van der Waals surface area (Å²) in [7, 11) is 0. The van der Waals surface area contributed by atoms with E-state index >= 15 is 0 Å². The smallest absolute Gasteiger partial charge is 0.358 e. The van der Waals surface area contributed by atoms with Gasteiger partial charge in [0.25, 0.3) is 6.71 Å². The summed E-state index contributed by atoms with van der Waals surface area (Å²) in [4.78, 5) is 25.7. The van der Waals surface area contributed by atoms with Crippen molar-refractivity contribution >= 4 is 24.3 Å². The average molecular weight is 314 g/mol. The van der Waals surface area contributed by atoms with E-state index in [0.29, 0.717) is 12.3 Å². The third-order valence-corrected chi connectivity index (χ3v) is 4.23. The van der Waals surface area contributed by atoms with Crippen LogP contribution in [0.2, 0.25) is 12.6 Å². The zero-order valence-corrected chi connectivity index (χ0v) is 12.9. The van der Waals surface area contributed by atoms with Crippen LogP contribution >= 0.6 is 0 Å². The molecule has 1 aromatic rings. The van der Waals surface area contributed by atoms with E-state index in [1.54, 1.807) is 0 Å². The Morgan fingerprint density at radius 2 is 2.22 bits per heavy atom. The van der Waals surface area contributed by atoms with Crippen molar-refractivity contribution < 1.29 is 9.72 Å². The molecule has 1 aromatic heterocycles. The van der Waals surface area contributed by atoms with Gasteiger partial charge in [-0.05, 0) is 28.3 Å². The summed E-state index contributed by atoms with van der Waals surface area (Å²) >= 11 is 0. The van der Waals surface area contributed by atoms with Gasteiger partial charge in [-0.15, -0.1) is 0 Å². The fraction of sp³-hybridized carbons (Fsp3) is 0.533. The molecule has 0 unspecified atom stereocenters. The maximum Gasteiger partial charge on any atom is 0.365 e. The molecule has 1 saturated heterocycles. The van der Waals surface area contributed by atoms with Gasteiger partial charge in [-0.2, -0.15) is 0 Å². The Balaban J connectivity index is 1.70. The summed E-state index contributed by atoms with van der Waals surface area (Å²) in [5.74, 6) is 2.67. The van der Waals surface area contributed by atoms with Gasteiger partial charge < -0.3 is 10.1 Å². The number of nitro groups is 1. The Morgan fingerprint density at radius 1 is 1.48 bits per heavy atom. The van der Waals surface area contributed by atoms with Crippen molar-refractivity contribution in [1.29, 1.82) is 5.26 Å². The molecule has 0 bridgehead atoms. The van der Waals surface area contributed by atoms with Gasteiger partial charge >= 0.3 is 5.82 Å². The fourth-order valence-corrected chi connectivity index (χ4v) is 2.93. The van der Waals surface area contributed by atoms with E-state index in [2.05, 4.69) is 16.3 Å². The predicted octanol–water partition coefficient (Wildman–Crippen LogP) is 3.07. The van der Waals surface area contributed by atoms with Crippen LogP contribution in [0.15, 0.2) is 18.2 Å². The minimum absolute atomic E-state index is 0.177. The number of carbonyl (C=O) groups excluding carboxylic acids is 1. The van der Waals surface area contributed by atoms with Crippen LogP contribution in [0.3, 0.4) is 0 Å². The van der Waals surface area contributed by atoms with Crippen LogP contribution in [-0.2, 0) is 4.79 Å². The monoisotopic (exact) mass is 314 g/mol. The molecular weight excluding hydrogens is 295 g/mol. The number of aromatic nitrogens is 1. The lowest BCUT2D eigenvalue weighted by atomic mass is 9.41. The summed E-state index contributed by atoms with van der Waals surface area (Å²) in [6.45, 7) is 0.203. The Hall–Kier alpha value is -2.43. The normalized spacial score (nSPS) is 15.0. The van der Waals surface area contributed by atoms with Crippen LogP contribution in [0.25, 0.3) is 0 Å². The molecule has 8 heteroatoms. The van der Waals surface area contributed by atoms with Crippen LogP contribution in [0.1, 0.15) is 32.1 Å². The van der Waals surface area contributed by atoms with Crippen LogP contribution in [0.5, 0.6) is 0 Å². The quantitative estimate of drug-likeness (QED) is 0.493. The van der Waals surface area contributed by atoms with Crippen LogP contribution in [0, 0.1) is 27.3 Å². The number of anilines is 1. The second kappa shape index (κ2) is 8.27. The standard InChI is InChI=1S/C15H19BN4O3/c17-11-16-9-7-12(8-10-16)3-1-6-15(21)19-13-4-2-5-14(18-13)20(22)23/h2,4-5,12H,1,3,6-10H2,(H,18,19,21). The van der Waals surface area contributed by atoms with E-state index in [4.69, 9.17) is 5.26 Å². The summed E-state index contributed by atoms with van der Waals surface area (Å²) < 4.78 is 0. The predicted molar refractivity (Wildman–Crippen MR) is 87.1 cm³/mol. The van der Waals surface area contributed by atoms with Crippen molar-refractivity contribution in [3.05, 3.63) is 28.3 Å². The van der Waals surface area contributed by atoms with Gasteiger partial charge in [-0.1, -0.05) is 31.9 Å². The van der Waals surface area contributed by atoms with E-state index in [0.717, 1.165) is 38.3 Å². The molecule has 7 nitrogen and oxygen atoms in total. The number of nitrogens with one attached hydrogen (secondary N) is 1. The molecule has 0 aromatic carbocycles. The van der Waals surface area contributed by atoms with Gasteiger partial charge in [0.15, 0.2) is 0 Å². The van der Waals surface area contributed by atoms with Crippen molar-refractivity contribution in [2.75, 3.05) is 5.32 Å². The first-order valence-corrected chi connectivity index (χ1v) is 7.89. The largest absolute Gasteiger partial charge is 0.365 e. The van der Waals surface area contributed by atoms with E-state index < -0.39 is 4.92 Å². The number of hydrogen-bond acceptors (Lipinski definition) is 5. The van der Waals surface area contributed by atoms with E-state index in [1.165, 1.54) is 18.2 Å². The van der Waals surface area contributed by atoms with Gasteiger partial charge in [0.2, 0.25) is 11.7 Å². The molecule has 0 atom stereocenters. The molecular formula is C15H19BN4O3. The molecule has 23 heavy (non-hydrogen) atoms. The Labute approximate surface area is 135 Å². The van der Waals surface area contributed by atoms with E-state index in [1.807, 2.05) is 0 Å². The SMILES string of the molecule is N#CB1CCC(CCCC(=O)Nc2cccc([N+](=O)[O-])n2)CC1. The van der Waals surface area contributed by atoms with Gasteiger partial charge in [-0.3, -0.25) is 10.1 Å². The number of hydrogen-bond donors (Lipinski definition) is 1. The van der Waals surface area contributed by atoms with Crippen LogP contribution in [-0.4, -0.2) is 22.5 Å². The molecule has 1 amide bonds. The van der Waals surface area contributed by atoms with Crippen molar-refractivity contribution in [3.63, 3.8) is 0 Å². The molecule has 0 spiro atoms. The molecule has 120 valence electrons. The molecule has 1 N–H and O–H groups in total. The Morgan fingerprint density at radius 3 is 2.87 bits per heavy atom. The van der Waals surface area contributed by atoms with Gasteiger partial charge in [-0.25, -0.2) is 5.26 Å². The van der Waals surface area contributed by atoms with Crippen LogP contribution in [0.4, 0.5) is 11.6 Å². The number of nitrogens with zero attached hydrogens (tertiary/aromatic N) is 3. The third kappa shape index (κ3) is 5.36. The highest BCUT2D eigenvalue weighted by atomic mass is 16.6. The Kier molecular flexibility index (Phi) is 6.09. The van der Waals surface area contributed by atoms with Gasteiger partial charge in [0.05, 0.1) is 0 Å². The van der Waals surface area contributed by atoms with Crippen LogP contribution < -0.4 is 5.32 Å².